The second-order valence-electron chi connectivity index (χ2n) is 4.89. The van der Waals surface area contributed by atoms with E-state index in [0.717, 1.165) is 5.56 Å². The predicted octanol–water partition coefficient (Wildman–Crippen LogP) is 2.16. The van der Waals surface area contributed by atoms with Crippen LogP contribution in [0.3, 0.4) is 0 Å². The first-order valence-corrected chi connectivity index (χ1v) is 7.16. The highest BCUT2D eigenvalue weighted by atomic mass is 35.5. The third kappa shape index (κ3) is 6.06. The second kappa shape index (κ2) is 8.59. The third-order valence-corrected chi connectivity index (χ3v) is 3.22. The van der Waals surface area contributed by atoms with Crippen LogP contribution in [0, 0.1) is 5.92 Å². The highest BCUT2D eigenvalue weighted by molar-refractivity contribution is 6.31. The fraction of sp³-hybridized carbons (Fsp3) is 0.467. The molecule has 0 atom stereocenters. The summed E-state index contributed by atoms with van der Waals surface area (Å²) in [7, 11) is 0. The van der Waals surface area contributed by atoms with Gasteiger partial charge in [-0.25, -0.2) is 0 Å². The number of rotatable bonds is 7. The Labute approximate surface area is 124 Å². The monoisotopic (exact) mass is 296 g/mol. The number of hydrogen-bond donors (Lipinski definition) is 2. The van der Waals surface area contributed by atoms with Crippen molar-refractivity contribution < 1.29 is 9.59 Å². The summed E-state index contributed by atoms with van der Waals surface area (Å²) < 4.78 is 0. The Balaban J connectivity index is 2.18. The summed E-state index contributed by atoms with van der Waals surface area (Å²) in [5, 5.41) is 6.20. The number of carbonyl (C=O) groups excluding carboxylic acids is 2. The first kappa shape index (κ1) is 16.5. The molecule has 0 saturated heterocycles. The van der Waals surface area contributed by atoms with Crippen molar-refractivity contribution in [3.05, 3.63) is 34.9 Å². The highest BCUT2D eigenvalue weighted by Crippen LogP contribution is 2.16. The van der Waals surface area contributed by atoms with Crippen LogP contribution in [0.4, 0.5) is 0 Å². The summed E-state index contributed by atoms with van der Waals surface area (Å²) in [6.45, 7) is 4.56. The maximum absolute atomic E-state index is 11.6. The van der Waals surface area contributed by atoms with Gasteiger partial charge in [0, 0.05) is 30.5 Å². The minimum absolute atomic E-state index is 0.00434. The van der Waals surface area contributed by atoms with Gasteiger partial charge in [0.25, 0.3) is 0 Å². The first-order valence-electron chi connectivity index (χ1n) is 6.78. The summed E-state index contributed by atoms with van der Waals surface area (Å²) in [6, 6.07) is 7.50. The normalized spacial score (nSPS) is 10.4. The van der Waals surface area contributed by atoms with E-state index in [9.17, 15) is 9.59 Å². The van der Waals surface area contributed by atoms with E-state index in [1.165, 1.54) is 0 Å². The molecule has 0 unspecified atom stereocenters. The number of amides is 2. The number of halogens is 1. The molecule has 0 heterocycles. The molecule has 1 aromatic carbocycles. The Morgan fingerprint density at radius 2 is 1.80 bits per heavy atom. The predicted molar refractivity (Wildman–Crippen MR) is 80.6 cm³/mol. The number of benzene rings is 1. The van der Waals surface area contributed by atoms with Gasteiger partial charge in [-0.3, -0.25) is 9.59 Å². The lowest BCUT2D eigenvalue weighted by Gasteiger charge is -2.09. The SMILES string of the molecule is CC(C)C(=O)NCCNC(=O)CCc1ccccc1Cl. The number of nitrogens with one attached hydrogen (secondary N) is 2. The molecule has 4 nitrogen and oxygen atoms in total. The lowest BCUT2D eigenvalue weighted by molar-refractivity contribution is -0.124. The van der Waals surface area contributed by atoms with E-state index in [1.807, 2.05) is 38.1 Å². The minimum atomic E-state index is -0.0382. The number of aryl methyl sites for hydroxylation is 1. The Bertz CT molecular complexity index is 461. The largest absolute Gasteiger partial charge is 0.354 e. The van der Waals surface area contributed by atoms with Gasteiger partial charge in [-0.2, -0.15) is 0 Å². The van der Waals surface area contributed by atoms with Gasteiger partial charge in [-0.1, -0.05) is 43.6 Å². The zero-order chi connectivity index (χ0) is 15.0. The molecule has 20 heavy (non-hydrogen) atoms. The molecule has 2 amide bonds. The first-order chi connectivity index (χ1) is 9.50. The molecule has 1 aromatic rings. The van der Waals surface area contributed by atoms with Crippen LogP contribution in [-0.4, -0.2) is 24.9 Å². The summed E-state index contributed by atoms with van der Waals surface area (Å²) in [4.78, 5) is 22.9. The van der Waals surface area contributed by atoms with E-state index in [0.29, 0.717) is 31.0 Å². The molecular formula is C15H21ClN2O2. The average molecular weight is 297 g/mol. The van der Waals surface area contributed by atoms with Crippen molar-refractivity contribution in [2.24, 2.45) is 5.92 Å². The van der Waals surface area contributed by atoms with E-state index >= 15 is 0 Å². The zero-order valence-electron chi connectivity index (χ0n) is 11.9. The van der Waals surface area contributed by atoms with E-state index < -0.39 is 0 Å². The van der Waals surface area contributed by atoms with Crippen molar-refractivity contribution in [2.45, 2.75) is 26.7 Å². The molecule has 0 aliphatic heterocycles. The van der Waals surface area contributed by atoms with Crippen LogP contribution in [-0.2, 0) is 16.0 Å². The standard InChI is InChI=1S/C15H21ClN2O2/c1-11(2)15(20)18-10-9-17-14(19)8-7-12-5-3-4-6-13(12)16/h3-6,11H,7-10H2,1-2H3,(H,17,19)(H,18,20). The Kier molecular flexibility index (Phi) is 7.09. The molecule has 0 spiro atoms. The van der Waals surface area contributed by atoms with Crippen LogP contribution in [0.2, 0.25) is 5.02 Å². The van der Waals surface area contributed by atoms with Crippen molar-refractivity contribution in [2.75, 3.05) is 13.1 Å². The molecule has 110 valence electrons. The quantitative estimate of drug-likeness (QED) is 0.758. The van der Waals surface area contributed by atoms with Gasteiger partial charge in [-0.05, 0) is 18.1 Å². The van der Waals surface area contributed by atoms with Gasteiger partial charge < -0.3 is 10.6 Å². The Morgan fingerprint density at radius 3 is 2.45 bits per heavy atom. The molecule has 0 bridgehead atoms. The Morgan fingerprint density at radius 1 is 1.15 bits per heavy atom. The van der Waals surface area contributed by atoms with Crippen molar-refractivity contribution >= 4 is 23.4 Å². The maximum atomic E-state index is 11.6. The summed E-state index contributed by atoms with van der Waals surface area (Å²) in [6.07, 6.45) is 1.01. The molecule has 0 aliphatic rings. The van der Waals surface area contributed by atoms with Gasteiger partial charge >= 0.3 is 0 Å². The lowest BCUT2D eigenvalue weighted by atomic mass is 10.1. The van der Waals surface area contributed by atoms with Crippen LogP contribution in [0.15, 0.2) is 24.3 Å². The topological polar surface area (TPSA) is 58.2 Å². The summed E-state index contributed by atoms with van der Waals surface area (Å²) >= 11 is 6.02. The zero-order valence-corrected chi connectivity index (χ0v) is 12.7. The third-order valence-electron chi connectivity index (χ3n) is 2.85. The van der Waals surface area contributed by atoms with Gasteiger partial charge in [0.1, 0.15) is 0 Å². The van der Waals surface area contributed by atoms with Crippen molar-refractivity contribution in [1.82, 2.24) is 10.6 Å². The van der Waals surface area contributed by atoms with E-state index in [2.05, 4.69) is 10.6 Å². The molecule has 0 fully saturated rings. The molecule has 1 rings (SSSR count). The highest BCUT2D eigenvalue weighted by Gasteiger charge is 2.06. The van der Waals surface area contributed by atoms with E-state index in [4.69, 9.17) is 11.6 Å². The van der Waals surface area contributed by atoms with Crippen molar-refractivity contribution in [3.8, 4) is 0 Å². The fourth-order valence-electron chi connectivity index (χ4n) is 1.63. The molecule has 2 N–H and O–H groups in total. The maximum Gasteiger partial charge on any atom is 0.222 e. The van der Waals surface area contributed by atoms with Crippen LogP contribution < -0.4 is 10.6 Å². The van der Waals surface area contributed by atoms with Crippen LogP contribution >= 0.6 is 11.6 Å². The average Bonchev–Trinajstić information content (AvgIpc) is 2.42. The lowest BCUT2D eigenvalue weighted by Crippen LogP contribution is -2.36. The summed E-state index contributed by atoms with van der Waals surface area (Å²) in [5.41, 5.74) is 0.970. The number of hydrogen-bond acceptors (Lipinski definition) is 2. The van der Waals surface area contributed by atoms with Crippen molar-refractivity contribution in [1.29, 1.82) is 0 Å². The van der Waals surface area contributed by atoms with Crippen molar-refractivity contribution in [3.63, 3.8) is 0 Å². The molecule has 0 aromatic heterocycles. The van der Waals surface area contributed by atoms with Gasteiger partial charge in [0.2, 0.25) is 11.8 Å². The minimum Gasteiger partial charge on any atom is -0.354 e. The Hall–Kier alpha value is -1.55. The number of carbonyl (C=O) groups is 2. The van der Waals surface area contributed by atoms with Gasteiger partial charge in [-0.15, -0.1) is 0 Å². The van der Waals surface area contributed by atoms with Gasteiger partial charge in [0.15, 0.2) is 0 Å². The molecular weight excluding hydrogens is 276 g/mol. The van der Waals surface area contributed by atoms with Crippen LogP contribution in [0.25, 0.3) is 0 Å². The smallest absolute Gasteiger partial charge is 0.222 e. The second-order valence-corrected chi connectivity index (χ2v) is 5.29. The van der Waals surface area contributed by atoms with Crippen LogP contribution in [0.5, 0.6) is 0 Å². The van der Waals surface area contributed by atoms with Gasteiger partial charge in [0.05, 0.1) is 0 Å². The molecule has 0 radical (unpaired) electrons. The summed E-state index contributed by atoms with van der Waals surface area (Å²) in [5.74, 6) is -0.0787. The fourth-order valence-corrected chi connectivity index (χ4v) is 1.86. The molecule has 5 heteroatoms. The molecule has 0 saturated carbocycles. The molecule has 0 aliphatic carbocycles. The van der Waals surface area contributed by atoms with E-state index in [1.54, 1.807) is 0 Å². The van der Waals surface area contributed by atoms with Crippen LogP contribution in [0.1, 0.15) is 25.8 Å². The van der Waals surface area contributed by atoms with E-state index in [-0.39, 0.29) is 17.7 Å².